The Labute approximate surface area is 238 Å². The van der Waals surface area contributed by atoms with Crippen molar-refractivity contribution >= 4 is 27.5 Å². The summed E-state index contributed by atoms with van der Waals surface area (Å²) >= 11 is 0. The molecule has 2 amide bonds. The summed E-state index contributed by atoms with van der Waals surface area (Å²) < 4.78 is 32.7. The van der Waals surface area contributed by atoms with Crippen molar-refractivity contribution in [3.63, 3.8) is 0 Å². The van der Waals surface area contributed by atoms with E-state index in [-0.39, 0.29) is 24.6 Å². The molecule has 0 aliphatic carbocycles. The lowest BCUT2D eigenvalue weighted by atomic mass is 10.0. The summed E-state index contributed by atoms with van der Waals surface area (Å²) in [5.74, 6) is -0.476. The maximum atomic E-state index is 14.1. The topological polar surface area (TPSA) is 96.0 Å². The molecule has 0 saturated carbocycles. The van der Waals surface area contributed by atoms with Crippen LogP contribution >= 0.6 is 0 Å². The van der Waals surface area contributed by atoms with E-state index in [4.69, 9.17) is 4.74 Å². The van der Waals surface area contributed by atoms with Crippen LogP contribution in [0.2, 0.25) is 0 Å². The van der Waals surface area contributed by atoms with Crippen molar-refractivity contribution in [2.45, 2.75) is 52.2 Å². The van der Waals surface area contributed by atoms with Gasteiger partial charge in [0, 0.05) is 18.5 Å². The summed E-state index contributed by atoms with van der Waals surface area (Å²) in [6.45, 7) is 7.39. The van der Waals surface area contributed by atoms with Gasteiger partial charge in [-0.3, -0.25) is 13.9 Å². The molecule has 3 rings (SSSR count). The summed E-state index contributed by atoms with van der Waals surface area (Å²) in [5.41, 5.74) is 1.42. The minimum Gasteiger partial charge on any atom is -0.492 e. The smallest absolute Gasteiger partial charge is 0.244 e. The largest absolute Gasteiger partial charge is 0.492 e. The molecule has 0 fully saturated rings. The average Bonchev–Trinajstić information content (AvgIpc) is 2.89. The molecule has 1 atom stereocenters. The third kappa shape index (κ3) is 8.84. The number of para-hydroxylation sites is 2. The fourth-order valence-electron chi connectivity index (χ4n) is 4.32. The number of hydrogen-bond acceptors (Lipinski definition) is 5. The van der Waals surface area contributed by atoms with Crippen molar-refractivity contribution in [3.8, 4) is 5.75 Å². The maximum absolute atomic E-state index is 14.1. The Hall–Kier alpha value is -3.85. The fourth-order valence-corrected chi connectivity index (χ4v) is 5.18. The quantitative estimate of drug-likeness (QED) is 0.351. The van der Waals surface area contributed by atoms with E-state index in [0.29, 0.717) is 12.4 Å². The van der Waals surface area contributed by atoms with Crippen molar-refractivity contribution in [1.82, 2.24) is 10.2 Å². The van der Waals surface area contributed by atoms with Gasteiger partial charge in [0.1, 0.15) is 18.3 Å². The number of carbonyl (C=O) groups is 2. The lowest BCUT2D eigenvalue weighted by Crippen LogP contribution is -2.56. The highest BCUT2D eigenvalue weighted by atomic mass is 32.2. The molecule has 0 saturated heterocycles. The number of ether oxygens (including phenoxy) is 1. The molecule has 1 N–H and O–H groups in total. The van der Waals surface area contributed by atoms with Crippen molar-refractivity contribution in [3.05, 3.63) is 96.1 Å². The molecule has 0 bridgehead atoms. The first-order valence-electron chi connectivity index (χ1n) is 13.3. The molecule has 0 aliphatic heterocycles. The Kier molecular flexibility index (Phi) is 10.3. The lowest BCUT2D eigenvalue weighted by Gasteiger charge is -2.35. The molecular weight excluding hydrogens is 526 g/mol. The van der Waals surface area contributed by atoms with E-state index in [1.54, 1.807) is 31.2 Å². The van der Waals surface area contributed by atoms with Crippen LogP contribution in [-0.4, -0.2) is 56.1 Å². The standard InChI is InChI=1S/C31H39N3O5S/c1-6-39-28-20-14-13-19-26(28)34(40(5,37)38)23-29(35)33(22-25-17-11-8-12-18-25)27(30(36)32-31(2,3)4)21-24-15-9-7-10-16-24/h7-20,27H,6,21-23H2,1-5H3,(H,32,36)/t27-/m1/s1. The van der Waals surface area contributed by atoms with Gasteiger partial charge in [0.25, 0.3) is 0 Å². The van der Waals surface area contributed by atoms with Crippen LogP contribution in [0.25, 0.3) is 0 Å². The first kappa shape index (κ1) is 30.7. The number of benzene rings is 3. The molecule has 9 heteroatoms. The average molecular weight is 566 g/mol. The van der Waals surface area contributed by atoms with Gasteiger partial charge in [0.05, 0.1) is 18.6 Å². The van der Waals surface area contributed by atoms with Crippen LogP contribution in [0.1, 0.15) is 38.8 Å². The van der Waals surface area contributed by atoms with E-state index in [1.165, 1.54) is 4.90 Å². The molecule has 0 aliphatic rings. The second kappa shape index (κ2) is 13.5. The molecule has 0 spiro atoms. The second-order valence-electron chi connectivity index (χ2n) is 10.6. The van der Waals surface area contributed by atoms with E-state index in [1.807, 2.05) is 81.4 Å². The summed E-state index contributed by atoms with van der Waals surface area (Å²) in [4.78, 5) is 29.4. The first-order chi connectivity index (χ1) is 18.9. The normalized spacial score (nSPS) is 12.3. The van der Waals surface area contributed by atoms with E-state index in [0.717, 1.165) is 21.7 Å². The van der Waals surface area contributed by atoms with Crippen LogP contribution in [0, 0.1) is 0 Å². The first-order valence-corrected chi connectivity index (χ1v) is 15.1. The molecule has 40 heavy (non-hydrogen) atoms. The molecule has 214 valence electrons. The van der Waals surface area contributed by atoms with Crippen LogP contribution < -0.4 is 14.4 Å². The van der Waals surface area contributed by atoms with Gasteiger partial charge in [0.15, 0.2) is 0 Å². The van der Waals surface area contributed by atoms with Crippen molar-refractivity contribution < 1.29 is 22.7 Å². The third-order valence-electron chi connectivity index (χ3n) is 6.08. The van der Waals surface area contributed by atoms with E-state index >= 15 is 0 Å². The third-order valence-corrected chi connectivity index (χ3v) is 7.20. The molecule has 0 radical (unpaired) electrons. The Morgan fingerprint density at radius 1 is 0.875 bits per heavy atom. The second-order valence-corrected chi connectivity index (χ2v) is 12.5. The molecule has 3 aromatic carbocycles. The number of anilines is 1. The zero-order valence-corrected chi connectivity index (χ0v) is 24.6. The van der Waals surface area contributed by atoms with Crippen molar-refractivity contribution in [2.75, 3.05) is 23.7 Å². The summed E-state index contributed by atoms with van der Waals surface area (Å²) in [6.07, 6.45) is 1.31. The van der Waals surface area contributed by atoms with Gasteiger partial charge < -0.3 is 15.0 Å². The van der Waals surface area contributed by atoms with Crippen molar-refractivity contribution in [2.24, 2.45) is 0 Å². The zero-order chi connectivity index (χ0) is 29.3. The van der Waals surface area contributed by atoms with E-state index in [2.05, 4.69) is 5.32 Å². The number of hydrogen-bond donors (Lipinski definition) is 1. The van der Waals surface area contributed by atoms with Gasteiger partial charge in [0.2, 0.25) is 21.8 Å². The van der Waals surface area contributed by atoms with Crippen LogP contribution in [0.5, 0.6) is 5.75 Å². The number of rotatable bonds is 12. The fraction of sp³-hybridized carbons (Fsp3) is 0.355. The SMILES string of the molecule is CCOc1ccccc1N(CC(=O)N(Cc1ccccc1)[C@H](Cc1ccccc1)C(=O)NC(C)(C)C)S(C)(=O)=O. The van der Waals surface area contributed by atoms with Gasteiger partial charge in [-0.05, 0) is 51.0 Å². The van der Waals surface area contributed by atoms with Crippen LogP contribution in [0.4, 0.5) is 5.69 Å². The number of nitrogens with one attached hydrogen (secondary N) is 1. The molecule has 0 unspecified atom stereocenters. The summed E-state index contributed by atoms with van der Waals surface area (Å²) in [7, 11) is -3.89. The summed E-state index contributed by atoms with van der Waals surface area (Å²) in [5, 5.41) is 3.02. The number of sulfonamides is 1. The van der Waals surface area contributed by atoms with Crippen LogP contribution in [0.3, 0.4) is 0 Å². The van der Waals surface area contributed by atoms with Gasteiger partial charge in [-0.2, -0.15) is 0 Å². The van der Waals surface area contributed by atoms with Crippen LogP contribution in [0.15, 0.2) is 84.9 Å². The highest BCUT2D eigenvalue weighted by Gasteiger charge is 2.34. The minimum atomic E-state index is -3.89. The number of amides is 2. The van der Waals surface area contributed by atoms with E-state index < -0.39 is 34.1 Å². The monoisotopic (exact) mass is 565 g/mol. The van der Waals surface area contributed by atoms with Gasteiger partial charge >= 0.3 is 0 Å². The Morgan fingerprint density at radius 2 is 1.43 bits per heavy atom. The minimum absolute atomic E-state index is 0.124. The predicted octanol–water partition coefficient (Wildman–Crippen LogP) is 4.41. The summed E-state index contributed by atoms with van der Waals surface area (Å²) in [6, 6.07) is 24.6. The Balaban J connectivity index is 2.08. The molecular formula is C31H39N3O5S. The number of carbonyl (C=O) groups excluding carboxylic acids is 2. The van der Waals surface area contributed by atoms with Gasteiger partial charge in [-0.1, -0.05) is 72.8 Å². The zero-order valence-electron chi connectivity index (χ0n) is 23.8. The van der Waals surface area contributed by atoms with Crippen LogP contribution in [-0.2, 0) is 32.6 Å². The van der Waals surface area contributed by atoms with E-state index in [9.17, 15) is 18.0 Å². The molecule has 8 nitrogen and oxygen atoms in total. The Morgan fingerprint density at radius 3 is 1.98 bits per heavy atom. The highest BCUT2D eigenvalue weighted by Crippen LogP contribution is 2.30. The molecule has 3 aromatic rings. The highest BCUT2D eigenvalue weighted by molar-refractivity contribution is 7.92. The van der Waals surface area contributed by atoms with Gasteiger partial charge in [-0.25, -0.2) is 8.42 Å². The van der Waals surface area contributed by atoms with Gasteiger partial charge in [-0.15, -0.1) is 0 Å². The molecule has 0 heterocycles. The molecule has 0 aromatic heterocycles. The lowest BCUT2D eigenvalue weighted by molar-refractivity contribution is -0.140. The maximum Gasteiger partial charge on any atom is 0.244 e. The predicted molar refractivity (Wildman–Crippen MR) is 159 cm³/mol. The Bertz CT molecular complexity index is 1370. The number of nitrogens with zero attached hydrogens (tertiary/aromatic N) is 2. The van der Waals surface area contributed by atoms with Crippen molar-refractivity contribution in [1.29, 1.82) is 0 Å².